The highest BCUT2D eigenvalue weighted by molar-refractivity contribution is 5.73. The van der Waals surface area contributed by atoms with E-state index in [2.05, 4.69) is 15.3 Å². The predicted octanol–water partition coefficient (Wildman–Crippen LogP) is 3.10. The lowest BCUT2D eigenvalue weighted by atomic mass is 10.1. The Balaban J connectivity index is 1.54. The van der Waals surface area contributed by atoms with Gasteiger partial charge in [0.15, 0.2) is 0 Å². The average molecular weight is 281 g/mol. The van der Waals surface area contributed by atoms with Crippen molar-refractivity contribution in [3.8, 4) is 0 Å². The number of nitrogens with one attached hydrogen (secondary N) is 1. The third-order valence-electron chi connectivity index (χ3n) is 3.28. The van der Waals surface area contributed by atoms with Crippen molar-refractivity contribution in [1.82, 2.24) is 15.3 Å². The maximum Gasteiger partial charge on any atom is 0.123 e. The van der Waals surface area contributed by atoms with E-state index in [-0.39, 0.29) is 5.82 Å². The van der Waals surface area contributed by atoms with E-state index in [0.29, 0.717) is 6.54 Å². The fourth-order valence-electron chi connectivity index (χ4n) is 2.22. The molecule has 106 valence electrons. The van der Waals surface area contributed by atoms with Gasteiger partial charge >= 0.3 is 0 Å². The van der Waals surface area contributed by atoms with Crippen molar-refractivity contribution in [2.75, 3.05) is 6.54 Å². The molecule has 1 N–H and O–H groups in total. The fourth-order valence-corrected chi connectivity index (χ4v) is 2.22. The Kier molecular flexibility index (Phi) is 4.17. The van der Waals surface area contributed by atoms with Gasteiger partial charge in [-0.15, -0.1) is 0 Å². The first-order chi connectivity index (χ1) is 10.3. The number of nitrogens with zero attached hydrogens (tertiary/aromatic N) is 2. The van der Waals surface area contributed by atoms with E-state index in [1.54, 1.807) is 18.3 Å². The molecule has 0 atom stereocenters. The Bertz CT molecular complexity index is 743. The molecule has 0 radical (unpaired) electrons. The molecule has 3 aromatic rings. The third-order valence-corrected chi connectivity index (χ3v) is 3.28. The lowest BCUT2D eigenvalue weighted by Crippen LogP contribution is -2.17. The molecule has 3 rings (SSSR count). The summed E-state index contributed by atoms with van der Waals surface area (Å²) in [6.45, 7) is 1.44. The van der Waals surface area contributed by atoms with E-state index >= 15 is 0 Å². The first-order valence-corrected chi connectivity index (χ1v) is 6.97. The van der Waals surface area contributed by atoms with E-state index in [1.165, 1.54) is 6.07 Å². The van der Waals surface area contributed by atoms with Crippen molar-refractivity contribution < 1.29 is 4.39 Å². The molecule has 3 nitrogen and oxygen atoms in total. The van der Waals surface area contributed by atoms with Crippen molar-refractivity contribution >= 4 is 11.0 Å². The van der Waals surface area contributed by atoms with E-state index in [0.717, 1.165) is 35.3 Å². The molecule has 21 heavy (non-hydrogen) atoms. The number of para-hydroxylation sites is 2. The van der Waals surface area contributed by atoms with Crippen LogP contribution in [0.5, 0.6) is 0 Å². The van der Waals surface area contributed by atoms with Crippen molar-refractivity contribution in [3.63, 3.8) is 0 Å². The van der Waals surface area contributed by atoms with E-state index in [4.69, 9.17) is 0 Å². The Hall–Kier alpha value is -2.33. The predicted molar refractivity (Wildman–Crippen MR) is 81.3 cm³/mol. The van der Waals surface area contributed by atoms with Crippen LogP contribution in [0, 0.1) is 5.82 Å². The van der Waals surface area contributed by atoms with Crippen LogP contribution in [-0.4, -0.2) is 16.5 Å². The van der Waals surface area contributed by atoms with Crippen molar-refractivity contribution in [1.29, 1.82) is 0 Å². The largest absolute Gasteiger partial charge is 0.311 e. The van der Waals surface area contributed by atoms with Crippen LogP contribution in [-0.2, 0) is 13.0 Å². The molecule has 0 aliphatic carbocycles. The molecule has 1 heterocycles. The van der Waals surface area contributed by atoms with Crippen molar-refractivity contribution in [2.24, 2.45) is 0 Å². The molecule has 0 amide bonds. The van der Waals surface area contributed by atoms with Gasteiger partial charge in [0.25, 0.3) is 0 Å². The van der Waals surface area contributed by atoms with Gasteiger partial charge in [-0.1, -0.05) is 24.3 Å². The van der Waals surface area contributed by atoms with Crippen molar-refractivity contribution in [2.45, 2.75) is 13.0 Å². The number of hydrogen-bond acceptors (Lipinski definition) is 3. The number of aromatic nitrogens is 2. The van der Waals surface area contributed by atoms with E-state index in [9.17, 15) is 4.39 Å². The molecule has 0 saturated heterocycles. The van der Waals surface area contributed by atoms with Crippen LogP contribution >= 0.6 is 0 Å². The lowest BCUT2D eigenvalue weighted by Gasteiger charge is -2.05. The molecule has 0 unspecified atom stereocenters. The smallest absolute Gasteiger partial charge is 0.123 e. The monoisotopic (exact) mass is 281 g/mol. The van der Waals surface area contributed by atoms with E-state index in [1.807, 2.05) is 30.3 Å². The van der Waals surface area contributed by atoms with Crippen LogP contribution in [0.2, 0.25) is 0 Å². The topological polar surface area (TPSA) is 37.8 Å². The molecule has 4 heteroatoms. The fraction of sp³-hybridized carbons (Fsp3) is 0.176. The van der Waals surface area contributed by atoms with Gasteiger partial charge < -0.3 is 5.32 Å². The van der Waals surface area contributed by atoms with E-state index < -0.39 is 0 Å². The minimum atomic E-state index is -0.187. The molecular weight excluding hydrogens is 265 g/mol. The van der Waals surface area contributed by atoms with Gasteiger partial charge in [-0.3, -0.25) is 4.98 Å². The summed E-state index contributed by atoms with van der Waals surface area (Å²) >= 11 is 0. The number of halogens is 1. The lowest BCUT2D eigenvalue weighted by molar-refractivity contribution is 0.622. The second-order valence-corrected chi connectivity index (χ2v) is 4.91. The van der Waals surface area contributed by atoms with Crippen LogP contribution in [0.3, 0.4) is 0 Å². The summed E-state index contributed by atoms with van der Waals surface area (Å²) in [6.07, 6.45) is 2.58. The number of hydrogen-bond donors (Lipinski definition) is 1. The quantitative estimate of drug-likeness (QED) is 0.730. The Morgan fingerprint density at radius 3 is 2.71 bits per heavy atom. The number of fused-ring (bicyclic) bond motifs is 1. The van der Waals surface area contributed by atoms with Gasteiger partial charge in [-0.25, -0.2) is 9.37 Å². The Labute approximate surface area is 122 Å². The van der Waals surface area contributed by atoms with Gasteiger partial charge in [0.1, 0.15) is 5.82 Å². The molecule has 1 aromatic heterocycles. The highest BCUT2D eigenvalue weighted by Gasteiger charge is 2.00. The zero-order chi connectivity index (χ0) is 14.5. The number of rotatable bonds is 5. The Morgan fingerprint density at radius 1 is 1.00 bits per heavy atom. The molecule has 0 spiro atoms. The summed E-state index contributed by atoms with van der Waals surface area (Å²) in [7, 11) is 0. The zero-order valence-corrected chi connectivity index (χ0v) is 11.6. The highest BCUT2D eigenvalue weighted by atomic mass is 19.1. The maximum atomic E-state index is 13.1. The van der Waals surface area contributed by atoms with Crippen LogP contribution in [0.25, 0.3) is 11.0 Å². The average Bonchev–Trinajstić information content (AvgIpc) is 2.51. The zero-order valence-electron chi connectivity index (χ0n) is 11.6. The second kappa shape index (κ2) is 6.41. The highest BCUT2D eigenvalue weighted by Crippen LogP contribution is 2.08. The van der Waals surface area contributed by atoms with Gasteiger partial charge in [-0.2, -0.15) is 0 Å². The van der Waals surface area contributed by atoms with Crippen LogP contribution in [0.15, 0.2) is 54.7 Å². The second-order valence-electron chi connectivity index (χ2n) is 4.91. The summed E-state index contributed by atoms with van der Waals surface area (Å²) < 4.78 is 13.1. The van der Waals surface area contributed by atoms with Gasteiger partial charge in [-0.05, 0) is 42.8 Å². The molecule has 0 fully saturated rings. The van der Waals surface area contributed by atoms with Crippen LogP contribution in [0.4, 0.5) is 4.39 Å². The summed E-state index contributed by atoms with van der Waals surface area (Å²) in [6, 6.07) is 14.5. The SMILES string of the molecule is Fc1cccc(CCNCc2cnc3ccccc3n2)c1. The minimum Gasteiger partial charge on any atom is -0.311 e. The first kappa shape index (κ1) is 13.6. The molecule has 0 saturated carbocycles. The standard InChI is InChI=1S/C17H16FN3/c18-14-5-3-4-13(10-14)8-9-19-11-15-12-20-16-6-1-2-7-17(16)21-15/h1-7,10,12,19H,8-9,11H2. The first-order valence-electron chi connectivity index (χ1n) is 6.97. The van der Waals surface area contributed by atoms with Crippen molar-refractivity contribution in [3.05, 3.63) is 71.8 Å². The van der Waals surface area contributed by atoms with Gasteiger partial charge in [0, 0.05) is 6.54 Å². The maximum absolute atomic E-state index is 13.1. The van der Waals surface area contributed by atoms with Gasteiger partial charge in [0.05, 0.1) is 22.9 Å². The summed E-state index contributed by atoms with van der Waals surface area (Å²) in [5, 5.41) is 3.31. The summed E-state index contributed by atoms with van der Waals surface area (Å²) in [5.41, 5.74) is 3.71. The Morgan fingerprint density at radius 2 is 1.86 bits per heavy atom. The number of benzene rings is 2. The summed E-state index contributed by atoms with van der Waals surface area (Å²) in [5.74, 6) is -0.187. The molecule has 2 aromatic carbocycles. The normalized spacial score (nSPS) is 10.9. The van der Waals surface area contributed by atoms with Crippen LogP contribution in [0.1, 0.15) is 11.3 Å². The van der Waals surface area contributed by atoms with Crippen LogP contribution < -0.4 is 5.32 Å². The minimum absolute atomic E-state index is 0.187. The summed E-state index contributed by atoms with van der Waals surface area (Å²) in [4.78, 5) is 8.93. The van der Waals surface area contributed by atoms with Gasteiger partial charge in [0.2, 0.25) is 0 Å². The molecular formula is C17H16FN3. The third kappa shape index (κ3) is 3.61. The molecule has 0 bridgehead atoms. The molecule has 0 aliphatic rings. The molecule has 0 aliphatic heterocycles.